The van der Waals surface area contributed by atoms with E-state index in [1.807, 2.05) is 25.1 Å². The predicted molar refractivity (Wildman–Crippen MR) is 77.0 cm³/mol. The molecule has 0 aromatic heterocycles. The van der Waals surface area contributed by atoms with Gasteiger partial charge in [-0.1, -0.05) is 23.7 Å². The first-order valence-electron chi connectivity index (χ1n) is 6.46. The highest BCUT2D eigenvalue weighted by Crippen LogP contribution is 2.32. The third kappa shape index (κ3) is 4.37. The maximum atomic E-state index is 11.6. The number of rotatable bonds is 5. The van der Waals surface area contributed by atoms with E-state index in [0.717, 1.165) is 24.0 Å². The Labute approximate surface area is 118 Å². The van der Waals surface area contributed by atoms with Gasteiger partial charge in [0.1, 0.15) is 0 Å². The van der Waals surface area contributed by atoms with Crippen molar-refractivity contribution in [3.05, 3.63) is 40.4 Å². The fourth-order valence-corrected chi connectivity index (χ4v) is 1.99. The van der Waals surface area contributed by atoms with E-state index in [9.17, 15) is 9.90 Å². The minimum Gasteiger partial charge on any atom is -0.391 e. The summed E-state index contributed by atoms with van der Waals surface area (Å²) in [5, 5.41) is 13.0. The summed E-state index contributed by atoms with van der Waals surface area (Å²) in [6.07, 6.45) is 4.89. The topological polar surface area (TPSA) is 49.3 Å². The molecule has 1 aromatic carbocycles. The van der Waals surface area contributed by atoms with Gasteiger partial charge in [-0.15, -0.1) is 0 Å². The van der Waals surface area contributed by atoms with Crippen molar-refractivity contribution in [1.29, 1.82) is 0 Å². The van der Waals surface area contributed by atoms with Crippen LogP contribution < -0.4 is 5.32 Å². The lowest BCUT2D eigenvalue weighted by atomic mass is 10.1. The second-order valence-electron chi connectivity index (χ2n) is 4.99. The molecule has 0 bridgehead atoms. The first kappa shape index (κ1) is 14.1. The van der Waals surface area contributed by atoms with Gasteiger partial charge in [0, 0.05) is 17.6 Å². The monoisotopic (exact) mass is 279 g/mol. The zero-order chi connectivity index (χ0) is 13.8. The quantitative estimate of drug-likeness (QED) is 0.814. The summed E-state index contributed by atoms with van der Waals surface area (Å²) >= 11 is 6.01. The molecule has 0 heterocycles. The average molecular weight is 280 g/mol. The van der Waals surface area contributed by atoms with Gasteiger partial charge in [-0.2, -0.15) is 0 Å². The standard InChI is InChI=1S/C15H18ClNO2/c1-10-2-3-11(8-13(10)16)4-7-15(19)17-9-14(18)12-5-6-12/h2-4,7-8,12,14,18H,5-6,9H2,1H3,(H,17,19). The molecule has 1 atom stereocenters. The van der Waals surface area contributed by atoms with Gasteiger partial charge in [0.25, 0.3) is 0 Å². The van der Waals surface area contributed by atoms with Crippen LogP contribution in [0.2, 0.25) is 5.02 Å². The highest BCUT2D eigenvalue weighted by Gasteiger charge is 2.29. The van der Waals surface area contributed by atoms with Gasteiger partial charge < -0.3 is 10.4 Å². The molecule has 0 saturated heterocycles. The summed E-state index contributed by atoms with van der Waals surface area (Å²) in [5.74, 6) is 0.177. The van der Waals surface area contributed by atoms with E-state index in [1.165, 1.54) is 6.08 Å². The first-order chi connectivity index (χ1) is 9.06. The van der Waals surface area contributed by atoms with Crippen LogP contribution in [0.15, 0.2) is 24.3 Å². The molecule has 1 aliphatic rings. The van der Waals surface area contributed by atoms with E-state index in [-0.39, 0.29) is 5.91 Å². The Morgan fingerprint density at radius 1 is 1.58 bits per heavy atom. The van der Waals surface area contributed by atoms with E-state index >= 15 is 0 Å². The molecular weight excluding hydrogens is 262 g/mol. The van der Waals surface area contributed by atoms with Crippen molar-refractivity contribution in [1.82, 2.24) is 5.32 Å². The van der Waals surface area contributed by atoms with E-state index in [4.69, 9.17) is 11.6 Å². The summed E-state index contributed by atoms with van der Waals surface area (Å²) in [5.41, 5.74) is 1.89. The van der Waals surface area contributed by atoms with Crippen LogP contribution in [0.25, 0.3) is 6.08 Å². The molecule has 2 rings (SSSR count). The predicted octanol–water partition coefficient (Wildman–Crippen LogP) is 2.55. The first-order valence-corrected chi connectivity index (χ1v) is 6.84. The van der Waals surface area contributed by atoms with Gasteiger partial charge in [0.05, 0.1) is 6.10 Å². The third-order valence-corrected chi connectivity index (χ3v) is 3.68. The Balaban J connectivity index is 1.83. The number of aryl methyl sites for hydroxylation is 1. The van der Waals surface area contributed by atoms with Crippen molar-refractivity contribution in [3.63, 3.8) is 0 Å². The Kier molecular flexibility index (Phi) is 4.61. The highest BCUT2D eigenvalue weighted by molar-refractivity contribution is 6.31. The smallest absolute Gasteiger partial charge is 0.244 e. The molecular formula is C15H18ClNO2. The molecule has 1 unspecified atom stereocenters. The van der Waals surface area contributed by atoms with Crippen molar-refractivity contribution in [2.24, 2.45) is 5.92 Å². The molecule has 1 fully saturated rings. The van der Waals surface area contributed by atoms with Gasteiger partial charge in [-0.25, -0.2) is 0 Å². The number of aliphatic hydroxyl groups excluding tert-OH is 1. The molecule has 0 radical (unpaired) electrons. The summed E-state index contributed by atoms with van der Waals surface area (Å²) in [4.78, 5) is 11.6. The number of carbonyl (C=O) groups is 1. The molecule has 0 aliphatic heterocycles. The van der Waals surface area contributed by atoms with Crippen LogP contribution in [0.5, 0.6) is 0 Å². The lowest BCUT2D eigenvalue weighted by Gasteiger charge is -2.08. The normalized spacial score (nSPS) is 16.6. The Morgan fingerprint density at radius 2 is 2.32 bits per heavy atom. The van der Waals surface area contributed by atoms with Crippen LogP contribution in [-0.4, -0.2) is 23.7 Å². The van der Waals surface area contributed by atoms with Gasteiger partial charge in [0.2, 0.25) is 5.91 Å². The van der Waals surface area contributed by atoms with E-state index in [2.05, 4.69) is 5.32 Å². The summed E-state index contributed by atoms with van der Waals surface area (Å²) in [6, 6.07) is 5.64. The van der Waals surface area contributed by atoms with Crippen molar-refractivity contribution < 1.29 is 9.90 Å². The molecule has 19 heavy (non-hydrogen) atoms. The van der Waals surface area contributed by atoms with Crippen molar-refractivity contribution in [3.8, 4) is 0 Å². The summed E-state index contributed by atoms with van der Waals surface area (Å²) < 4.78 is 0. The molecule has 2 N–H and O–H groups in total. The zero-order valence-electron chi connectivity index (χ0n) is 10.9. The van der Waals surface area contributed by atoms with E-state index in [0.29, 0.717) is 17.5 Å². The molecule has 3 nitrogen and oxygen atoms in total. The molecule has 1 aliphatic carbocycles. The van der Waals surface area contributed by atoms with Gasteiger partial charge in [-0.3, -0.25) is 4.79 Å². The zero-order valence-corrected chi connectivity index (χ0v) is 11.7. The average Bonchev–Trinajstić information content (AvgIpc) is 3.21. The lowest BCUT2D eigenvalue weighted by molar-refractivity contribution is -0.116. The second kappa shape index (κ2) is 6.22. The molecule has 1 saturated carbocycles. The Hall–Kier alpha value is -1.32. The number of hydrogen-bond donors (Lipinski definition) is 2. The van der Waals surface area contributed by atoms with Gasteiger partial charge in [-0.05, 0) is 49.0 Å². The van der Waals surface area contributed by atoms with E-state index in [1.54, 1.807) is 6.08 Å². The number of benzene rings is 1. The van der Waals surface area contributed by atoms with Crippen molar-refractivity contribution in [2.75, 3.05) is 6.54 Å². The van der Waals surface area contributed by atoms with Crippen LogP contribution in [0.1, 0.15) is 24.0 Å². The highest BCUT2D eigenvalue weighted by atomic mass is 35.5. The summed E-state index contributed by atoms with van der Waals surface area (Å²) in [7, 11) is 0. The fourth-order valence-electron chi connectivity index (χ4n) is 1.80. The molecule has 4 heteroatoms. The van der Waals surface area contributed by atoms with Crippen LogP contribution in [0.3, 0.4) is 0 Å². The number of nitrogens with one attached hydrogen (secondary N) is 1. The number of amides is 1. The van der Waals surface area contributed by atoms with E-state index < -0.39 is 6.10 Å². The molecule has 1 aromatic rings. The van der Waals surface area contributed by atoms with Crippen LogP contribution in [0, 0.1) is 12.8 Å². The Morgan fingerprint density at radius 3 is 2.95 bits per heavy atom. The lowest BCUT2D eigenvalue weighted by Crippen LogP contribution is -2.31. The minimum absolute atomic E-state index is 0.198. The second-order valence-corrected chi connectivity index (χ2v) is 5.40. The van der Waals surface area contributed by atoms with Crippen LogP contribution >= 0.6 is 11.6 Å². The Bertz CT molecular complexity index is 495. The van der Waals surface area contributed by atoms with Crippen LogP contribution in [0.4, 0.5) is 0 Å². The maximum absolute atomic E-state index is 11.6. The molecule has 0 spiro atoms. The largest absolute Gasteiger partial charge is 0.391 e. The molecule has 102 valence electrons. The minimum atomic E-state index is -0.411. The molecule has 1 amide bonds. The number of hydrogen-bond acceptors (Lipinski definition) is 2. The maximum Gasteiger partial charge on any atom is 0.244 e. The number of carbonyl (C=O) groups excluding carboxylic acids is 1. The fraction of sp³-hybridized carbons (Fsp3) is 0.400. The van der Waals surface area contributed by atoms with Crippen molar-refractivity contribution in [2.45, 2.75) is 25.9 Å². The van der Waals surface area contributed by atoms with Crippen LogP contribution in [-0.2, 0) is 4.79 Å². The number of halogens is 1. The van der Waals surface area contributed by atoms with Gasteiger partial charge >= 0.3 is 0 Å². The SMILES string of the molecule is Cc1ccc(C=CC(=O)NCC(O)C2CC2)cc1Cl. The van der Waals surface area contributed by atoms with Crippen molar-refractivity contribution >= 4 is 23.6 Å². The number of aliphatic hydroxyl groups is 1. The van der Waals surface area contributed by atoms with Gasteiger partial charge in [0.15, 0.2) is 0 Å². The third-order valence-electron chi connectivity index (χ3n) is 3.27. The summed E-state index contributed by atoms with van der Waals surface area (Å²) in [6.45, 7) is 2.25.